The Balaban J connectivity index is 0.000000346. The molecule has 14 rings (SSSR count). The van der Waals surface area contributed by atoms with Crippen molar-refractivity contribution in [1.82, 2.24) is 0 Å². The molecule has 0 aromatic heterocycles. The molecule has 0 atom stereocenters. The van der Waals surface area contributed by atoms with Crippen molar-refractivity contribution in [2.75, 3.05) is 0 Å². The molecule has 0 aliphatic heterocycles. The molecule has 521 valence electrons. The fourth-order valence-electron chi connectivity index (χ4n) is 10.4. The van der Waals surface area contributed by atoms with Crippen LogP contribution >= 0.6 is 0 Å². The van der Waals surface area contributed by atoms with Crippen molar-refractivity contribution in [2.45, 2.75) is 47.0 Å². The van der Waals surface area contributed by atoms with Crippen molar-refractivity contribution in [3.05, 3.63) is 426 Å². The molecule has 0 saturated heterocycles. The van der Waals surface area contributed by atoms with Crippen LogP contribution in [-0.4, -0.2) is 34.7 Å². The summed E-state index contributed by atoms with van der Waals surface area (Å²) in [5, 5.41) is 13.1. The molecule has 3 radical (unpaired) electrons. The summed E-state index contributed by atoms with van der Waals surface area (Å²) in [5.74, 6) is -2.70. The molecule has 3 aliphatic carbocycles. The van der Waals surface area contributed by atoms with E-state index in [9.17, 15) is 37.5 Å². The first-order valence-electron chi connectivity index (χ1n) is 31.1. The zero-order chi connectivity index (χ0) is 67.8. The third-order valence-electron chi connectivity index (χ3n) is 15.1. The number of para-hydroxylation sites is 1. The number of Topliss-reactive ketones (excluding diaryl/α,β-unsaturated/α-hetero) is 3. The minimum Gasteiger partial charge on any atom is -0.654 e. The Morgan fingerprint density at radius 1 is 0.324 bits per heavy atom. The van der Waals surface area contributed by atoms with Crippen molar-refractivity contribution in [3.8, 4) is 22.3 Å². The van der Waals surface area contributed by atoms with Crippen molar-refractivity contribution in [1.29, 1.82) is 0 Å². The molecule has 0 spiro atoms. The third-order valence-corrected chi connectivity index (χ3v) is 15.1. The predicted molar refractivity (Wildman–Crippen MR) is 397 cm³/mol. The SMILES string of the molecule is CCCc1cc(C)c([N-]C2=CC(=O)c3ccccc3C2=O)c(F)c1.CCc1cc(C)c([N-]C2=CC(=O)c3ccccc3C2=O)c(F)c1.O=C1C=C([N-]c2c(-c3ccccc3)cccc2-c2ccccc2)C(=O)c2ccccc21.[CH3-].[CH3-].[CH3-].[Ni+3].[Ni+3].[Ni+3].[c-]1ccccc1.[c-]1ccccc1.[c-]1ccccc1. The standard InChI is InChI=1S/C28H19NO2.C20H18FNO2.C19H16FNO2.3C6H5.3CH3.3Ni/c30-26-18-25(28(31)24-15-8-7-14-23(24)26)29-27-21(19-10-3-1-4-11-19)16-9-17-22(27)20-12-5-2-6-13-20;1-3-6-13-9-12(2)19(16(21)10-13)22-17-11-18(23)14-7-4-5-8-15(14)20(17)24;1-3-12-8-11(2)18(15(20)9-12)21-16-10-17(22)13-6-4-5-7-14(13)19(16)23;3*1-2-4-6-5-3-1;;;;;;/h1-18H,(H,29,30);4-5,7-11H,3,6H2,1-2H3,(H,22,23);4-10H,3H2,1-2H3,(H,21,22);3*1-5H;3*1H3;;;/q;;;6*-1;3*+3/p-3. The molecule has 0 N–H and O–H groups in total. The van der Waals surface area contributed by atoms with Crippen LogP contribution < -0.4 is 0 Å². The molecule has 14 heteroatoms. The van der Waals surface area contributed by atoms with Crippen molar-refractivity contribution in [2.24, 2.45) is 0 Å². The summed E-state index contributed by atoms with van der Waals surface area (Å²) < 4.78 is 28.6. The Morgan fingerprint density at radius 3 is 0.882 bits per heavy atom. The van der Waals surface area contributed by atoms with Gasteiger partial charge in [-0.05, 0) is 90.4 Å². The monoisotopic (exact) mass is 1480 g/mol. The maximum absolute atomic E-state index is 14.4. The molecule has 0 unspecified atom stereocenters. The molecule has 9 nitrogen and oxygen atoms in total. The van der Waals surface area contributed by atoms with E-state index in [1.807, 2.05) is 196 Å². The van der Waals surface area contributed by atoms with Crippen LogP contribution in [0.25, 0.3) is 38.2 Å². The van der Waals surface area contributed by atoms with Crippen LogP contribution in [-0.2, 0) is 62.3 Å². The van der Waals surface area contributed by atoms with Crippen LogP contribution in [0.5, 0.6) is 0 Å². The smallest absolute Gasteiger partial charge is 0.654 e. The van der Waals surface area contributed by atoms with Crippen molar-refractivity contribution in [3.63, 3.8) is 0 Å². The van der Waals surface area contributed by atoms with Gasteiger partial charge in [0.15, 0.2) is 34.7 Å². The van der Waals surface area contributed by atoms with E-state index in [0.717, 1.165) is 46.2 Å². The van der Waals surface area contributed by atoms with Gasteiger partial charge in [0.25, 0.3) is 0 Å². The first-order chi connectivity index (χ1) is 46.7. The van der Waals surface area contributed by atoms with Gasteiger partial charge in [-0.3, -0.25) is 28.8 Å². The van der Waals surface area contributed by atoms with E-state index in [4.69, 9.17) is 5.32 Å². The Kier molecular flexibility index (Phi) is 36.2. The molecule has 11 aromatic carbocycles. The second-order valence-electron chi connectivity index (χ2n) is 21.9. The molecule has 0 amide bonds. The summed E-state index contributed by atoms with van der Waals surface area (Å²) in [6.45, 7) is 7.46. The quantitative estimate of drug-likeness (QED) is 0.0931. The van der Waals surface area contributed by atoms with Crippen LogP contribution in [0.15, 0.2) is 302 Å². The van der Waals surface area contributed by atoms with E-state index in [1.165, 1.54) is 30.4 Å². The molecule has 0 heterocycles. The van der Waals surface area contributed by atoms with Crippen LogP contribution in [0, 0.1) is 66.0 Å². The fourth-order valence-corrected chi connectivity index (χ4v) is 10.4. The summed E-state index contributed by atoms with van der Waals surface area (Å²) in [6.07, 6.45) is 6.13. The second kappa shape index (κ2) is 43.1. The van der Waals surface area contributed by atoms with E-state index in [1.54, 1.807) is 86.6 Å². The van der Waals surface area contributed by atoms with Gasteiger partial charge in [0.05, 0.1) is 0 Å². The molecule has 3 aliphatic rings. The second-order valence-corrected chi connectivity index (χ2v) is 21.9. The molecule has 0 fully saturated rings. The van der Waals surface area contributed by atoms with Gasteiger partial charge in [-0.15, -0.1) is 5.69 Å². The van der Waals surface area contributed by atoms with E-state index in [0.29, 0.717) is 56.6 Å². The number of carbonyl (C=O) groups is 6. The van der Waals surface area contributed by atoms with Gasteiger partial charge in [0.2, 0.25) is 0 Å². The Hall–Kier alpha value is -10.6. The van der Waals surface area contributed by atoms with Gasteiger partial charge < -0.3 is 38.2 Å². The van der Waals surface area contributed by atoms with E-state index in [-0.39, 0.29) is 135 Å². The summed E-state index contributed by atoms with van der Waals surface area (Å²) in [7, 11) is 0. The fraction of sp³-hybridized carbons (Fsp3) is 0.0795. The Morgan fingerprint density at radius 2 is 0.598 bits per heavy atom. The molecule has 102 heavy (non-hydrogen) atoms. The number of benzene rings is 11. The summed E-state index contributed by atoms with van der Waals surface area (Å²) in [4.78, 5) is 75.1. The van der Waals surface area contributed by atoms with Crippen molar-refractivity contribution < 1.29 is 87.0 Å². The maximum atomic E-state index is 14.4. The summed E-state index contributed by atoms with van der Waals surface area (Å²) in [6, 6.07) is 90.0. The number of nitrogens with zero attached hydrogens (tertiary/aromatic N) is 3. The predicted octanol–water partition coefficient (Wildman–Crippen LogP) is 22.5. The van der Waals surface area contributed by atoms with E-state index >= 15 is 0 Å². The minimum atomic E-state index is -0.484. The maximum Gasteiger partial charge on any atom is 3.00 e. The molecular formula is C88H74F2N3Ni3O6. The number of halogens is 2. The molecule has 11 aromatic rings. The van der Waals surface area contributed by atoms with Crippen LogP contribution in [0.3, 0.4) is 0 Å². The van der Waals surface area contributed by atoms with Gasteiger partial charge in [-0.25, -0.2) is 8.78 Å². The van der Waals surface area contributed by atoms with Gasteiger partial charge in [-0.2, -0.15) is 109 Å². The number of hydrogen-bond donors (Lipinski definition) is 0. The number of hydrogen-bond acceptors (Lipinski definition) is 6. The summed E-state index contributed by atoms with van der Waals surface area (Å²) >= 11 is 0. The van der Waals surface area contributed by atoms with Gasteiger partial charge in [-0.1, -0.05) is 224 Å². The normalized spacial score (nSPS) is 11.6. The minimum absolute atomic E-state index is 0. The number of fused-ring (bicyclic) bond motifs is 3. The Labute approximate surface area is 629 Å². The van der Waals surface area contributed by atoms with Crippen LogP contribution in [0.1, 0.15) is 105 Å². The van der Waals surface area contributed by atoms with Crippen LogP contribution in [0.2, 0.25) is 0 Å². The first-order valence-corrected chi connectivity index (χ1v) is 31.1. The molecule has 0 bridgehead atoms. The largest absolute Gasteiger partial charge is 3.00 e. The van der Waals surface area contributed by atoms with Gasteiger partial charge in [0.1, 0.15) is 11.6 Å². The Bertz CT molecular complexity index is 4410. The van der Waals surface area contributed by atoms with Gasteiger partial charge >= 0.3 is 49.5 Å². The average molecular weight is 1480 g/mol. The number of rotatable bonds is 11. The zero-order valence-corrected chi connectivity index (χ0v) is 60.2. The zero-order valence-electron chi connectivity index (χ0n) is 57.3. The van der Waals surface area contributed by atoms with E-state index < -0.39 is 11.6 Å². The average Bonchev–Trinajstić information content (AvgIpc) is 0.792. The molecular weight excluding hydrogens is 1410 g/mol. The number of carbonyl (C=O) groups excluding carboxylic acids is 6. The van der Waals surface area contributed by atoms with Crippen molar-refractivity contribution >= 4 is 51.8 Å². The number of aryl methyl sites for hydroxylation is 4. The topological polar surface area (TPSA) is 145 Å². The van der Waals surface area contributed by atoms with Gasteiger partial charge in [0, 0.05) is 33.4 Å². The molecule has 0 saturated carbocycles. The third kappa shape index (κ3) is 22.7. The first kappa shape index (κ1) is 85.6. The van der Waals surface area contributed by atoms with E-state index in [2.05, 4.69) is 28.8 Å². The van der Waals surface area contributed by atoms with Crippen LogP contribution in [0.4, 0.5) is 25.8 Å². The summed E-state index contributed by atoms with van der Waals surface area (Å²) in [5.41, 5.74) is 10.0. The number of allylic oxidation sites excluding steroid dienone is 6. The number of ketones is 6.